The Morgan fingerprint density at radius 2 is 1.81 bits per heavy atom. The Bertz CT molecular complexity index is 628. The van der Waals surface area contributed by atoms with E-state index < -0.39 is 0 Å². The van der Waals surface area contributed by atoms with Crippen LogP contribution in [0.5, 0.6) is 5.75 Å². The zero-order valence-corrected chi connectivity index (χ0v) is 12.9. The van der Waals surface area contributed by atoms with E-state index in [0.29, 0.717) is 18.7 Å². The topological polar surface area (TPSA) is 29.5 Å². The molecule has 1 amide bonds. The van der Waals surface area contributed by atoms with E-state index in [1.807, 2.05) is 48.5 Å². The van der Waals surface area contributed by atoms with E-state index in [0.717, 1.165) is 16.3 Å². The summed E-state index contributed by atoms with van der Waals surface area (Å²) in [6.45, 7) is 2.11. The van der Waals surface area contributed by atoms with Crippen molar-refractivity contribution in [1.29, 1.82) is 0 Å². The van der Waals surface area contributed by atoms with Gasteiger partial charge in [-0.2, -0.15) is 0 Å². The highest BCUT2D eigenvalue weighted by molar-refractivity contribution is 6.31. The monoisotopic (exact) mass is 303 g/mol. The second-order valence-corrected chi connectivity index (χ2v) is 5.09. The lowest BCUT2D eigenvalue weighted by Crippen LogP contribution is -2.31. The average Bonchev–Trinajstić information content (AvgIpc) is 2.49. The van der Waals surface area contributed by atoms with E-state index >= 15 is 0 Å². The lowest BCUT2D eigenvalue weighted by atomic mass is 10.1. The van der Waals surface area contributed by atoms with Crippen molar-refractivity contribution in [3.05, 3.63) is 59.1 Å². The number of amides is 1. The third-order valence-electron chi connectivity index (χ3n) is 3.32. The van der Waals surface area contributed by atoms with Gasteiger partial charge in [-0.15, -0.1) is 0 Å². The number of hydrogen-bond donors (Lipinski definition) is 0. The van der Waals surface area contributed by atoms with Gasteiger partial charge in [-0.1, -0.05) is 41.9 Å². The highest BCUT2D eigenvalue weighted by Crippen LogP contribution is 2.28. The van der Waals surface area contributed by atoms with Crippen LogP contribution < -0.4 is 9.64 Å². The first kappa shape index (κ1) is 15.4. The van der Waals surface area contributed by atoms with Crippen molar-refractivity contribution in [3.8, 4) is 5.75 Å². The number of carbonyl (C=O) groups is 1. The molecule has 0 radical (unpaired) electrons. The minimum absolute atomic E-state index is 0.0217. The second kappa shape index (κ2) is 7.14. The average molecular weight is 304 g/mol. The molecule has 2 rings (SSSR count). The first-order chi connectivity index (χ1) is 10.1. The summed E-state index contributed by atoms with van der Waals surface area (Å²) in [4.78, 5) is 13.7. The molecule has 0 saturated heterocycles. The van der Waals surface area contributed by atoms with Crippen LogP contribution in [0.15, 0.2) is 48.5 Å². The molecule has 0 aromatic heterocycles. The van der Waals surface area contributed by atoms with Gasteiger partial charge in [0.2, 0.25) is 5.91 Å². The van der Waals surface area contributed by atoms with Crippen molar-refractivity contribution in [2.24, 2.45) is 0 Å². The molecule has 21 heavy (non-hydrogen) atoms. The maximum Gasteiger partial charge on any atom is 0.223 e. The lowest BCUT2D eigenvalue weighted by Gasteiger charge is -2.23. The van der Waals surface area contributed by atoms with Crippen LogP contribution in [-0.2, 0) is 11.2 Å². The third-order valence-corrected chi connectivity index (χ3v) is 3.69. The quantitative estimate of drug-likeness (QED) is 0.837. The Hall–Kier alpha value is -2.00. The SMILES string of the molecule is COc1ccccc1N(CCc1ccccc1Cl)C(C)=O. The van der Waals surface area contributed by atoms with Crippen LogP contribution >= 0.6 is 11.6 Å². The summed E-state index contributed by atoms with van der Waals surface area (Å²) < 4.78 is 5.33. The van der Waals surface area contributed by atoms with Crippen molar-refractivity contribution in [3.63, 3.8) is 0 Å². The van der Waals surface area contributed by atoms with Gasteiger partial charge in [0.25, 0.3) is 0 Å². The second-order valence-electron chi connectivity index (χ2n) is 4.68. The summed E-state index contributed by atoms with van der Waals surface area (Å²) in [5.74, 6) is 0.665. The lowest BCUT2D eigenvalue weighted by molar-refractivity contribution is -0.116. The summed E-state index contributed by atoms with van der Waals surface area (Å²) in [6.07, 6.45) is 0.692. The molecular weight excluding hydrogens is 286 g/mol. The molecular formula is C17H18ClNO2. The van der Waals surface area contributed by atoms with Gasteiger partial charge in [0, 0.05) is 18.5 Å². The van der Waals surface area contributed by atoms with Crippen molar-refractivity contribution in [2.45, 2.75) is 13.3 Å². The predicted molar refractivity (Wildman–Crippen MR) is 86.2 cm³/mol. The van der Waals surface area contributed by atoms with Gasteiger partial charge in [0.15, 0.2) is 0 Å². The number of para-hydroxylation sites is 2. The molecule has 2 aromatic rings. The molecule has 0 spiro atoms. The van der Waals surface area contributed by atoms with Crippen molar-refractivity contribution >= 4 is 23.2 Å². The van der Waals surface area contributed by atoms with Gasteiger partial charge in [-0.05, 0) is 30.2 Å². The van der Waals surface area contributed by atoms with Gasteiger partial charge in [0.1, 0.15) is 5.75 Å². The van der Waals surface area contributed by atoms with Crippen molar-refractivity contribution in [2.75, 3.05) is 18.6 Å². The first-order valence-electron chi connectivity index (χ1n) is 6.78. The Kier molecular flexibility index (Phi) is 5.23. The van der Waals surface area contributed by atoms with Crippen LogP contribution in [0.1, 0.15) is 12.5 Å². The van der Waals surface area contributed by atoms with E-state index in [1.165, 1.54) is 0 Å². The molecule has 0 heterocycles. The third kappa shape index (κ3) is 3.76. The zero-order chi connectivity index (χ0) is 15.2. The summed E-state index contributed by atoms with van der Waals surface area (Å²) in [6, 6.07) is 15.2. The number of anilines is 1. The van der Waals surface area contributed by atoms with Gasteiger partial charge in [-0.25, -0.2) is 0 Å². The normalized spacial score (nSPS) is 10.2. The van der Waals surface area contributed by atoms with Crippen LogP contribution in [-0.4, -0.2) is 19.6 Å². The van der Waals surface area contributed by atoms with Crippen LogP contribution in [0.3, 0.4) is 0 Å². The molecule has 0 fully saturated rings. The van der Waals surface area contributed by atoms with Gasteiger partial charge in [-0.3, -0.25) is 4.79 Å². The highest BCUT2D eigenvalue weighted by Gasteiger charge is 2.16. The Balaban J connectivity index is 2.21. The van der Waals surface area contributed by atoms with Crippen LogP contribution in [0.2, 0.25) is 5.02 Å². The molecule has 0 aliphatic carbocycles. The molecule has 2 aromatic carbocycles. The van der Waals surface area contributed by atoms with E-state index in [1.54, 1.807) is 18.9 Å². The molecule has 0 aliphatic heterocycles. The Labute approximate surface area is 130 Å². The Morgan fingerprint density at radius 3 is 2.48 bits per heavy atom. The fourth-order valence-corrected chi connectivity index (χ4v) is 2.46. The number of carbonyl (C=O) groups excluding carboxylic acids is 1. The molecule has 3 nitrogen and oxygen atoms in total. The van der Waals surface area contributed by atoms with Crippen molar-refractivity contribution in [1.82, 2.24) is 0 Å². The van der Waals surface area contributed by atoms with E-state index in [2.05, 4.69) is 0 Å². The van der Waals surface area contributed by atoms with E-state index in [4.69, 9.17) is 16.3 Å². The number of hydrogen-bond acceptors (Lipinski definition) is 2. The number of rotatable bonds is 5. The largest absolute Gasteiger partial charge is 0.495 e. The number of halogens is 1. The van der Waals surface area contributed by atoms with Gasteiger partial charge in [0.05, 0.1) is 12.8 Å². The van der Waals surface area contributed by atoms with Crippen LogP contribution in [0.4, 0.5) is 5.69 Å². The molecule has 4 heteroatoms. The number of methoxy groups -OCH3 is 1. The number of benzene rings is 2. The molecule has 0 atom stereocenters. The predicted octanol–water partition coefficient (Wildman–Crippen LogP) is 3.94. The van der Waals surface area contributed by atoms with Crippen LogP contribution in [0, 0.1) is 0 Å². The molecule has 0 unspecified atom stereocenters. The van der Waals surface area contributed by atoms with Gasteiger partial charge >= 0.3 is 0 Å². The maximum absolute atomic E-state index is 12.0. The maximum atomic E-state index is 12.0. The first-order valence-corrected chi connectivity index (χ1v) is 7.16. The fourth-order valence-electron chi connectivity index (χ4n) is 2.23. The summed E-state index contributed by atoms with van der Waals surface area (Å²) in [7, 11) is 1.60. The molecule has 0 bridgehead atoms. The molecule has 0 aliphatic rings. The van der Waals surface area contributed by atoms with E-state index in [-0.39, 0.29) is 5.91 Å². The number of nitrogens with zero attached hydrogens (tertiary/aromatic N) is 1. The summed E-state index contributed by atoms with van der Waals surface area (Å²) >= 11 is 6.16. The summed E-state index contributed by atoms with van der Waals surface area (Å²) in [5, 5.41) is 0.723. The molecule has 110 valence electrons. The number of ether oxygens (including phenoxy) is 1. The van der Waals surface area contributed by atoms with Crippen LogP contribution in [0.25, 0.3) is 0 Å². The fraction of sp³-hybridized carbons (Fsp3) is 0.235. The standard InChI is InChI=1S/C17H18ClNO2/c1-13(20)19(16-9-5-6-10-17(16)21-2)12-11-14-7-3-4-8-15(14)18/h3-10H,11-12H2,1-2H3. The van der Waals surface area contributed by atoms with E-state index in [9.17, 15) is 4.79 Å². The minimum atomic E-state index is -0.0217. The molecule has 0 N–H and O–H groups in total. The molecule has 0 saturated carbocycles. The highest BCUT2D eigenvalue weighted by atomic mass is 35.5. The van der Waals surface area contributed by atoms with Crippen molar-refractivity contribution < 1.29 is 9.53 Å². The van der Waals surface area contributed by atoms with Gasteiger partial charge < -0.3 is 9.64 Å². The zero-order valence-electron chi connectivity index (χ0n) is 12.2. The summed E-state index contributed by atoms with van der Waals surface area (Å²) in [5.41, 5.74) is 1.81. The Morgan fingerprint density at radius 1 is 1.14 bits per heavy atom. The minimum Gasteiger partial charge on any atom is -0.495 e. The smallest absolute Gasteiger partial charge is 0.223 e.